The third-order valence-corrected chi connectivity index (χ3v) is 4.58. The molecule has 2 rings (SSSR count). The largest absolute Gasteiger partial charge is 0.383 e. The molecule has 2 heterocycles. The van der Waals surface area contributed by atoms with E-state index in [1.54, 1.807) is 11.6 Å². The Morgan fingerprint density at radius 2 is 2.04 bits per heavy atom. The van der Waals surface area contributed by atoms with E-state index < -0.39 is 0 Å². The highest BCUT2D eigenvalue weighted by atomic mass is 32.2. The molecule has 25 heavy (non-hydrogen) atoms. The molecule has 8 heteroatoms. The predicted octanol–water partition coefficient (Wildman–Crippen LogP) is 2.14. The summed E-state index contributed by atoms with van der Waals surface area (Å²) in [5.74, 6) is 1.07. The lowest BCUT2D eigenvalue weighted by molar-refractivity contribution is -0.131. The standard InChI is InChI=1S/C17H27N5O2S/c1-11(2)10-21(7-8-24-5)15(23)9-14-12(3)18-16-19-17(25-6)20-22(16)13(14)4/h11H,7-10H2,1-6H3. The van der Waals surface area contributed by atoms with Gasteiger partial charge in [0.1, 0.15) is 0 Å². The summed E-state index contributed by atoms with van der Waals surface area (Å²) in [6.45, 7) is 9.95. The number of hydrogen-bond donors (Lipinski definition) is 0. The Morgan fingerprint density at radius 3 is 2.64 bits per heavy atom. The van der Waals surface area contributed by atoms with Crippen LogP contribution in [0.5, 0.6) is 0 Å². The molecule has 7 nitrogen and oxygen atoms in total. The SMILES string of the molecule is COCCN(CC(C)C)C(=O)Cc1c(C)nc2nc(SC)nn2c1C. The van der Waals surface area contributed by atoms with Crippen LogP contribution in [0.25, 0.3) is 5.78 Å². The Bertz CT molecular complexity index is 744. The minimum absolute atomic E-state index is 0.0864. The van der Waals surface area contributed by atoms with E-state index in [0.29, 0.717) is 36.4 Å². The minimum Gasteiger partial charge on any atom is -0.383 e. The van der Waals surface area contributed by atoms with Crippen molar-refractivity contribution >= 4 is 23.4 Å². The van der Waals surface area contributed by atoms with Crippen LogP contribution in [-0.4, -0.2) is 63.5 Å². The van der Waals surface area contributed by atoms with Gasteiger partial charge in [-0.1, -0.05) is 25.6 Å². The topological polar surface area (TPSA) is 72.6 Å². The van der Waals surface area contributed by atoms with Gasteiger partial charge in [-0.15, -0.1) is 5.10 Å². The Hall–Kier alpha value is -1.67. The molecule has 0 aliphatic carbocycles. The smallest absolute Gasteiger partial charge is 0.253 e. The van der Waals surface area contributed by atoms with E-state index in [1.165, 1.54) is 11.8 Å². The molecule has 0 unspecified atom stereocenters. The molecular formula is C17H27N5O2S. The molecule has 0 fully saturated rings. The average Bonchev–Trinajstić information content (AvgIpc) is 2.98. The number of nitrogens with zero attached hydrogens (tertiary/aromatic N) is 5. The fourth-order valence-electron chi connectivity index (χ4n) is 2.76. The number of rotatable bonds is 8. The Kier molecular flexibility index (Phi) is 6.78. The van der Waals surface area contributed by atoms with Gasteiger partial charge in [-0.05, 0) is 26.0 Å². The highest BCUT2D eigenvalue weighted by Gasteiger charge is 2.20. The molecule has 2 aromatic heterocycles. The first-order chi connectivity index (χ1) is 11.9. The van der Waals surface area contributed by atoms with E-state index in [4.69, 9.17) is 4.74 Å². The summed E-state index contributed by atoms with van der Waals surface area (Å²) in [7, 11) is 1.65. The van der Waals surface area contributed by atoms with Crippen molar-refractivity contribution in [2.45, 2.75) is 39.3 Å². The van der Waals surface area contributed by atoms with Crippen LogP contribution < -0.4 is 0 Å². The first-order valence-corrected chi connectivity index (χ1v) is 9.63. The van der Waals surface area contributed by atoms with Gasteiger partial charge in [0.05, 0.1) is 13.0 Å². The Balaban J connectivity index is 2.29. The molecular weight excluding hydrogens is 338 g/mol. The molecule has 0 atom stereocenters. The summed E-state index contributed by atoms with van der Waals surface area (Å²) in [5, 5.41) is 5.12. The van der Waals surface area contributed by atoms with Gasteiger partial charge in [0, 0.05) is 37.2 Å². The Labute approximate surface area is 153 Å². The van der Waals surface area contributed by atoms with E-state index >= 15 is 0 Å². The molecule has 2 aromatic rings. The van der Waals surface area contributed by atoms with E-state index in [1.807, 2.05) is 25.0 Å². The van der Waals surface area contributed by atoms with Crippen molar-refractivity contribution in [3.63, 3.8) is 0 Å². The molecule has 0 aliphatic heterocycles. The normalized spacial score (nSPS) is 11.5. The number of amides is 1. The third-order valence-electron chi connectivity index (χ3n) is 4.04. The van der Waals surface area contributed by atoms with Crippen LogP contribution in [0.2, 0.25) is 0 Å². The van der Waals surface area contributed by atoms with E-state index in [0.717, 1.165) is 23.5 Å². The second-order valence-electron chi connectivity index (χ2n) is 6.47. The van der Waals surface area contributed by atoms with Crippen molar-refractivity contribution in [1.82, 2.24) is 24.5 Å². The number of thioether (sulfide) groups is 1. The number of ether oxygens (including phenoxy) is 1. The van der Waals surface area contributed by atoms with Crippen LogP contribution in [0.3, 0.4) is 0 Å². The molecule has 0 bridgehead atoms. The van der Waals surface area contributed by atoms with E-state index in [9.17, 15) is 4.79 Å². The zero-order chi connectivity index (χ0) is 18.6. The number of aryl methyl sites for hydroxylation is 2. The highest BCUT2D eigenvalue weighted by molar-refractivity contribution is 7.98. The second-order valence-corrected chi connectivity index (χ2v) is 7.25. The molecule has 0 spiro atoms. The molecule has 0 aliphatic rings. The summed E-state index contributed by atoms with van der Waals surface area (Å²) in [4.78, 5) is 23.6. The first-order valence-electron chi connectivity index (χ1n) is 8.40. The fourth-order valence-corrected chi connectivity index (χ4v) is 3.09. The van der Waals surface area contributed by atoms with Crippen LogP contribution in [0.15, 0.2) is 5.16 Å². The van der Waals surface area contributed by atoms with Crippen LogP contribution in [0.4, 0.5) is 0 Å². The van der Waals surface area contributed by atoms with Crippen molar-refractivity contribution < 1.29 is 9.53 Å². The predicted molar refractivity (Wildman–Crippen MR) is 99.0 cm³/mol. The van der Waals surface area contributed by atoms with Gasteiger partial charge in [-0.25, -0.2) is 9.50 Å². The number of fused-ring (bicyclic) bond motifs is 1. The summed E-state index contributed by atoms with van der Waals surface area (Å²) in [5.41, 5.74) is 2.66. The quantitative estimate of drug-likeness (QED) is 0.668. The number of aromatic nitrogens is 4. The van der Waals surface area contributed by atoms with Gasteiger partial charge in [0.25, 0.3) is 5.78 Å². The van der Waals surface area contributed by atoms with Crippen molar-refractivity contribution in [2.24, 2.45) is 5.92 Å². The molecule has 138 valence electrons. The Morgan fingerprint density at radius 1 is 1.32 bits per heavy atom. The van der Waals surface area contributed by atoms with Crippen molar-refractivity contribution in [2.75, 3.05) is 33.1 Å². The lowest BCUT2D eigenvalue weighted by Crippen LogP contribution is -2.38. The maximum atomic E-state index is 12.8. The third kappa shape index (κ3) is 4.70. The van der Waals surface area contributed by atoms with Crippen LogP contribution in [-0.2, 0) is 16.0 Å². The van der Waals surface area contributed by atoms with E-state index in [-0.39, 0.29) is 5.91 Å². The van der Waals surface area contributed by atoms with Gasteiger partial charge in [-0.2, -0.15) is 4.98 Å². The van der Waals surface area contributed by atoms with Crippen molar-refractivity contribution in [3.8, 4) is 0 Å². The molecule has 0 saturated heterocycles. The molecule has 0 saturated carbocycles. The zero-order valence-corrected chi connectivity index (χ0v) is 16.7. The van der Waals surface area contributed by atoms with Crippen LogP contribution in [0, 0.1) is 19.8 Å². The van der Waals surface area contributed by atoms with Crippen LogP contribution in [0.1, 0.15) is 30.8 Å². The molecule has 0 radical (unpaired) electrons. The maximum absolute atomic E-state index is 12.8. The summed E-state index contributed by atoms with van der Waals surface area (Å²) < 4.78 is 6.87. The summed E-state index contributed by atoms with van der Waals surface area (Å²) in [6, 6.07) is 0. The van der Waals surface area contributed by atoms with Gasteiger partial charge in [-0.3, -0.25) is 4.79 Å². The van der Waals surface area contributed by atoms with Gasteiger partial charge < -0.3 is 9.64 Å². The number of methoxy groups -OCH3 is 1. The number of carbonyl (C=O) groups is 1. The van der Waals surface area contributed by atoms with Crippen LogP contribution >= 0.6 is 11.8 Å². The van der Waals surface area contributed by atoms with Gasteiger partial charge in [0.15, 0.2) is 0 Å². The molecule has 0 aromatic carbocycles. The average molecular weight is 366 g/mol. The monoisotopic (exact) mass is 365 g/mol. The summed E-state index contributed by atoms with van der Waals surface area (Å²) in [6.07, 6.45) is 2.24. The lowest BCUT2D eigenvalue weighted by Gasteiger charge is -2.25. The zero-order valence-electron chi connectivity index (χ0n) is 15.9. The number of carbonyl (C=O) groups excluding carboxylic acids is 1. The first kappa shape index (κ1) is 19.7. The van der Waals surface area contributed by atoms with Crippen molar-refractivity contribution in [3.05, 3.63) is 17.0 Å². The maximum Gasteiger partial charge on any atom is 0.253 e. The van der Waals surface area contributed by atoms with E-state index in [2.05, 4.69) is 28.9 Å². The van der Waals surface area contributed by atoms with Gasteiger partial charge >= 0.3 is 0 Å². The molecule has 1 amide bonds. The molecule has 0 N–H and O–H groups in total. The van der Waals surface area contributed by atoms with Gasteiger partial charge in [0.2, 0.25) is 11.1 Å². The second kappa shape index (κ2) is 8.62. The minimum atomic E-state index is 0.0864. The fraction of sp³-hybridized carbons (Fsp3) is 0.647. The number of hydrogen-bond acceptors (Lipinski definition) is 6. The van der Waals surface area contributed by atoms with Crippen molar-refractivity contribution in [1.29, 1.82) is 0 Å². The lowest BCUT2D eigenvalue weighted by atomic mass is 10.1. The highest BCUT2D eigenvalue weighted by Crippen LogP contribution is 2.18. The summed E-state index contributed by atoms with van der Waals surface area (Å²) >= 11 is 1.48.